The van der Waals surface area contributed by atoms with Crippen molar-refractivity contribution in [2.75, 3.05) is 18.5 Å². The van der Waals surface area contributed by atoms with Gasteiger partial charge in [0.1, 0.15) is 0 Å². The highest BCUT2D eigenvalue weighted by molar-refractivity contribution is 6.02. The Morgan fingerprint density at radius 1 is 0.880 bits per heavy atom. The molecule has 4 N–H and O–H groups in total. The average Bonchev–Trinajstić information content (AvgIpc) is 3.20. The van der Waals surface area contributed by atoms with Gasteiger partial charge in [-0.3, -0.25) is 11.7 Å². The summed E-state index contributed by atoms with van der Waals surface area (Å²) in [4.78, 5) is 2.34. The molecule has 0 saturated heterocycles. The third kappa shape index (κ3) is 3.16. The molecule has 0 spiro atoms. The quantitative estimate of drug-likeness (QED) is 0.423. The molecule has 1 aliphatic carbocycles. The summed E-state index contributed by atoms with van der Waals surface area (Å²) in [6.45, 7) is 3.21. The Morgan fingerprint density at radius 2 is 1.52 bits per heavy atom. The second-order valence-electron chi connectivity index (χ2n) is 6.23. The van der Waals surface area contributed by atoms with Gasteiger partial charge in [0, 0.05) is 25.2 Å². The number of benzene rings is 3. The molecule has 0 heterocycles. The molecule has 0 aliphatic heterocycles. The minimum Gasteiger partial charge on any atom is -0.375 e. The molecule has 0 amide bonds. The van der Waals surface area contributed by atoms with Crippen LogP contribution in [0.5, 0.6) is 0 Å². The minimum atomic E-state index is 0.365. The molecule has 0 unspecified atom stereocenters. The minimum absolute atomic E-state index is 0.365. The largest absolute Gasteiger partial charge is 0.375 e. The van der Waals surface area contributed by atoms with Gasteiger partial charge >= 0.3 is 0 Å². The summed E-state index contributed by atoms with van der Waals surface area (Å²) in [7, 11) is 2.17. The zero-order valence-corrected chi connectivity index (χ0v) is 14.8. The summed E-state index contributed by atoms with van der Waals surface area (Å²) in [5.74, 6) is 8.36. The van der Waals surface area contributed by atoms with Gasteiger partial charge in [-0.1, -0.05) is 54.6 Å². The van der Waals surface area contributed by atoms with Gasteiger partial charge in [0.2, 0.25) is 0 Å². The highest BCUT2D eigenvalue weighted by atomic mass is 15.1. The molecule has 3 nitrogen and oxygen atoms in total. The first-order valence-electron chi connectivity index (χ1n) is 8.63. The molecule has 3 aromatic carbocycles. The smallest absolute Gasteiger partial charge is 0.0411 e. The number of fused-ring (bicyclic) bond motifs is 2. The molecular weight excluding hydrogens is 306 g/mol. The topological polar surface area (TPSA) is 55.3 Å². The van der Waals surface area contributed by atoms with Crippen LogP contribution in [0.25, 0.3) is 21.5 Å². The van der Waals surface area contributed by atoms with Crippen molar-refractivity contribution in [3.63, 3.8) is 0 Å². The second-order valence-corrected chi connectivity index (χ2v) is 6.23. The van der Waals surface area contributed by atoms with Crippen LogP contribution >= 0.6 is 0 Å². The van der Waals surface area contributed by atoms with Gasteiger partial charge in [-0.2, -0.15) is 0 Å². The van der Waals surface area contributed by atoms with Crippen LogP contribution in [0.4, 0.5) is 5.69 Å². The predicted molar refractivity (Wildman–Crippen MR) is 110 cm³/mol. The Kier molecular flexibility index (Phi) is 5.17. The van der Waals surface area contributed by atoms with Crippen LogP contribution < -0.4 is 16.6 Å². The Labute approximate surface area is 149 Å². The van der Waals surface area contributed by atoms with Crippen molar-refractivity contribution in [3.05, 3.63) is 78.4 Å². The van der Waals surface area contributed by atoms with Crippen LogP contribution in [-0.2, 0) is 0 Å². The van der Waals surface area contributed by atoms with Gasteiger partial charge in [0.15, 0.2) is 0 Å². The maximum atomic E-state index is 4.00. The number of hydrogen-bond donors (Lipinski definition) is 2. The fraction of sp³-hybridized carbons (Fsp3) is 0.182. The van der Waals surface area contributed by atoms with E-state index < -0.39 is 0 Å². The van der Waals surface area contributed by atoms with Gasteiger partial charge in [-0.15, -0.1) is 0 Å². The van der Waals surface area contributed by atoms with E-state index in [1.54, 1.807) is 0 Å². The van der Waals surface area contributed by atoms with E-state index in [1.165, 1.54) is 32.8 Å². The Bertz CT molecular complexity index is 929. The van der Waals surface area contributed by atoms with Crippen molar-refractivity contribution in [2.45, 2.75) is 12.8 Å². The lowest BCUT2D eigenvalue weighted by Crippen LogP contribution is -2.18. The molecule has 3 aromatic rings. The highest BCUT2D eigenvalue weighted by Gasteiger charge is 2.18. The van der Waals surface area contributed by atoms with Gasteiger partial charge < -0.3 is 4.90 Å². The SMILES string of the molecule is CCN(C)c1ccc2cc3ccccc3cc2c1C1C=CC=C1.NN. The second kappa shape index (κ2) is 7.51. The Balaban J connectivity index is 0.000000880. The molecule has 0 aromatic heterocycles. The van der Waals surface area contributed by atoms with E-state index in [-0.39, 0.29) is 0 Å². The van der Waals surface area contributed by atoms with Crippen molar-refractivity contribution < 1.29 is 0 Å². The molecule has 3 heteroatoms. The Hall–Kier alpha value is -2.62. The van der Waals surface area contributed by atoms with Crippen molar-refractivity contribution in [1.82, 2.24) is 0 Å². The number of hydrogen-bond acceptors (Lipinski definition) is 3. The summed E-state index contributed by atoms with van der Waals surface area (Å²) in [5.41, 5.74) is 2.75. The summed E-state index contributed by atoms with van der Waals surface area (Å²) >= 11 is 0. The molecule has 25 heavy (non-hydrogen) atoms. The van der Waals surface area contributed by atoms with Crippen LogP contribution in [0.3, 0.4) is 0 Å². The van der Waals surface area contributed by atoms with Crippen molar-refractivity contribution in [1.29, 1.82) is 0 Å². The predicted octanol–water partition coefficient (Wildman–Crippen LogP) is 4.48. The number of nitrogens with zero attached hydrogens (tertiary/aromatic N) is 1. The van der Waals surface area contributed by atoms with Crippen LogP contribution in [0.2, 0.25) is 0 Å². The maximum absolute atomic E-state index is 4.00. The first-order valence-corrected chi connectivity index (χ1v) is 8.63. The molecule has 0 atom stereocenters. The number of hydrazine groups is 1. The fourth-order valence-electron chi connectivity index (χ4n) is 3.50. The van der Waals surface area contributed by atoms with Crippen molar-refractivity contribution >= 4 is 27.2 Å². The monoisotopic (exact) mass is 331 g/mol. The van der Waals surface area contributed by atoms with Crippen LogP contribution in [-0.4, -0.2) is 13.6 Å². The zero-order chi connectivity index (χ0) is 17.8. The summed E-state index contributed by atoms with van der Waals surface area (Å²) < 4.78 is 0. The Morgan fingerprint density at radius 3 is 2.16 bits per heavy atom. The van der Waals surface area contributed by atoms with Crippen molar-refractivity contribution in [2.24, 2.45) is 11.7 Å². The summed E-state index contributed by atoms with van der Waals surface area (Å²) in [6, 6.07) is 17.8. The third-order valence-electron chi connectivity index (χ3n) is 4.87. The maximum Gasteiger partial charge on any atom is 0.0411 e. The first-order chi connectivity index (χ1) is 12.3. The van der Waals surface area contributed by atoms with E-state index in [0.717, 1.165) is 6.54 Å². The van der Waals surface area contributed by atoms with E-state index in [2.05, 4.69) is 103 Å². The first kappa shape index (κ1) is 17.2. The van der Waals surface area contributed by atoms with Gasteiger partial charge in [0.25, 0.3) is 0 Å². The standard InChI is InChI=1S/C22H21N.H4N2/c1-3-23(2)21-13-12-19-14-17-10-6-7-11-18(17)15-20(19)22(21)16-8-4-5-9-16;1-2/h4-16H,3H2,1-2H3;1-2H2. The molecular formula is C22H25N3. The molecule has 0 saturated carbocycles. The molecule has 128 valence electrons. The molecule has 1 aliphatic rings. The van der Waals surface area contributed by atoms with Crippen LogP contribution in [0, 0.1) is 0 Å². The molecule has 4 rings (SSSR count). The third-order valence-corrected chi connectivity index (χ3v) is 4.87. The average molecular weight is 331 g/mol. The normalized spacial score (nSPS) is 13.3. The lowest BCUT2D eigenvalue weighted by molar-refractivity contribution is 0.948. The van der Waals surface area contributed by atoms with Gasteiger partial charge in [0.05, 0.1) is 0 Å². The van der Waals surface area contributed by atoms with E-state index in [0.29, 0.717) is 5.92 Å². The zero-order valence-electron chi connectivity index (χ0n) is 14.8. The number of allylic oxidation sites excluding steroid dienone is 4. The van der Waals surface area contributed by atoms with E-state index in [4.69, 9.17) is 0 Å². The molecule has 0 fully saturated rings. The van der Waals surface area contributed by atoms with E-state index >= 15 is 0 Å². The lowest BCUT2D eigenvalue weighted by Gasteiger charge is -2.24. The number of nitrogens with two attached hydrogens (primary N) is 2. The molecule has 0 bridgehead atoms. The van der Waals surface area contributed by atoms with Gasteiger partial charge in [-0.05, 0) is 52.2 Å². The molecule has 0 radical (unpaired) electrons. The lowest BCUT2D eigenvalue weighted by atomic mass is 9.90. The van der Waals surface area contributed by atoms with E-state index in [1.807, 2.05) is 0 Å². The van der Waals surface area contributed by atoms with Crippen molar-refractivity contribution in [3.8, 4) is 0 Å². The van der Waals surface area contributed by atoms with Gasteiger partial charge in [-0.25, -0.2) is 0 Å². The summed E-state index contributed by atoms with van der Waals surface area (Å²) in [5, 5.41) is 5.30. The number of rotatable bonds is 3. The van der Waals surface area contributed by atoms with Crippen LogP contribution in [0.1, 0.15) is 18.4 Å². The van der Waals surface area contributed by atoms with Crippen LogP contribution in [0.15, 0.2) is 72.8 Å². The highest BCUT2D eigenvalue weighted by Crippen LogP contribution is 2.38. The fourth-order valence-corrected chi connectivity index (χ4v) is 3.50. The summed E-state index contributed by atoms with van der Waals surface area (Å²) in [6.07, 6.45) is 8.88. The number of anilines is 1. The van der Waals surface area contributed by atoms with E-state index in [9.17, 15) is 0 Å².